The molecule has 0 aromatic heterocycles. The molecule has 7 heteroatoms. The van der Waals surface area contributed by atoms with Crippen LogP contribution < -0.4 is 5.32 Å². The second-order valence-electron chi connectivity index (χ2n) is 11.0. The lowest BCUT2D eigenvalue weighted by Crippen LogP contribution is -2.55. The molecule has 1 aliphatic carbocycles. The minimum atomic E-state index is -3.50. The van der Waals surface area contributed by atoms with Crippen molar-refractivity contribution in [2.45, 2.75) is 82.6 Å². The number of nitrogens with one attached hydrogen (secondary N) is 1. The largest absolute Gasteiger partial charge is 0.354 e. The van der Waals surface area contributed by atoms with Crippen LogP contribution in [-0.2, 0) is 27.7 Å². The third-order valence-corrected chi connectivity index (χ3v) is 9.89. The van der Waals surface area contributed by atoms with Gasteiger partial charge in [-0.1, -0.05) is 13.0 Å². The van der Waals surface area contributed by atoms with Crippen LogP contribution in [-0.4, -0.2) is 61.8 Å². The van der Waals surface area contributed by atoms with Crippen LogP contribution in [0, 0.1) is 11.8 Å². The number of amides is 1. The monoisotopic (exact) mass is 475 g/mol. The topological polar surface area (TPSA) is 69.7 Å². The number of piperidine rings is 2. The van der Waals surface area contributed by atoms with Gasteiger partial charge in [-0.3, -0.25) is 9.69 Å². The fraction of sp³-hybridized carbons (Fsp3) is 0.731. The van der Waals surface area contributed by atoms with Crippen molar-refractivity contribution in [1.82, 2.24) is 14.5 Å². The van der Waals surface area contributed by atoms with Crippen LogP contribution in [0.15, 0.2) is 23.1 Å². The number of benzene rings is 1. The summed E-state index contributed by atoms with van der Waals surface area (Å²) in [6.45, 7) is 10.3. The molecule has 3 aliphatic rings. The van der Waals surface area contributed by atoms with Gasteiger partial charge in [0, 0.05) is 37.6 Å². The summed E-state index contributed by atoms with van der Waals surface area (Å²) >= 11 is 0. The molecule has 1 aromatic carbocycles. The molecule has 184 valence electrons. The molecule has 2 saturated heterocycles. The molecule has 4 rings (SSSR count). The van der Waals surface area contributed by atoms with Gasteiger partial charge in [0.25, 0.3) is 0 Å². The first kappa shape index (κ1) is 24.7. The van der Waals surface area contributed by atoms with Crippen molar-refractivity contribution in [2.24, 2.45) is 11.8 Å². The maximum atomic E-state index is 13.2. The number of aryl methyl sites for hydroxylation is 2. The lowest BCUT2D eigenvalue weighted by atomic mass is 9.92. The SMILES string of the molecule is CC1CCCN(C(C)(C)CNC(=O)C2CCN(S(=O)(=O)c3ccc4c(c3)CCCC4)CC2)C1. The zero-order valence-corrected chi connectivity index (χ0v) is 21.4. The summed E-state index contributed by atoms with van der Waals surface area (Å²) in [5.74, 6) is 0.658. The van der Waals surface area contributed by atoms with E-state index in [1.165, 1.54) is 30.4 Å². The normalized spacial score (nSPS) is 23.8. The zero-order chi connectivity index (χ0) is 23.6. The van der Waals surface area contributed by atoms with E-state index in [9.17, 15) is 13.2 Å². The van der Waals surface area contributed by atoms with Crippen LogP contribution in [0.25, 0.3) is 0 Å². The molecule has 1 unspecified atom stereocenters. The highest BCUT2D eigenvalue weighted by molar-refractivity contribution is 7.89. The number of fused-ring (bicyclic) bond motifs is 1. The Morgan fingerprint density at radius 3 is 2.42 bits per heavy atom. The van der Waals surface area contributed by atoms with Crippen molar-refractivity contribution in [1.29, 1.82) is 0 Å². The Labute approximate surface area is 200 Å². The molecule has 0 saturated carbocycles. The summed E-state index contributed by atoms with van der Waals surface area (Å²) in [5, 5.41) is 3.18. The van der Waals surface area contributed by atoms with Gasteiger partial charge in [0.1, 0.15) is 0 Å². The number of rotatable bonds is 6. The van der Waals surface area contributed by atoms with Crippen LogP contribution in [0.4, 0.5) is 0 Å². The molecular formula is C26H41N3O3S. The fourth-order valence-corrected chi connectivity index (χ4v) is 7.20. The van der Waals surface area contributed by atoms with Crippen molar-refractivity contribution in [2.75, 3.05) is 32.7 Å². The second-order valence-corrected chi connectivity index (χ2v) is 13.0. The summed E-state index contributed by atoms with van der Waals surface area (Å²) in [6, 6.07) is 5.64. The van der Waals surface area contributed by atoms with Gasteiger partial charge >= 0.3 is 0 Å². The number of carbonyl (C=O) groups is 1. The highest BCUT2D eigenvalue weighted by atomic mass is 32.2. The third-order valence-electron chi connectivity index (χ3n) is 7.99. The first-order valence-electron chi connectivity index (χ1n) is 12.8. The number of carbonyl (C=O) groups excluding carboxylic acids is 1. The number of nitrogens with zero attached hydrogens (tertiary/aromatic N) is 2. The summed E-state index contributed by atoms with van der Waals surface area (Å²) < 4.78 is 28.0. The molecule has 0 radical (unpaired) electrons. The van der Waals surface area contributed by atoms with E-state index in [0.717, 1.165) is 32.4 Å². The molecule has 1 aromatic rings. The van der Waals surface area contributed by atoms with E-state index in [1.54, 1.807) is 10.4 Å². The van der Waals surface area contributed by atoms with Gasteiger partial charge in [0.05, 0.1) is 4.90 Å². The molecule has 33 heavy (non-hydrogen) atoms. The van der Waals surface area contributed by atoms with Crippen LogP contribution in [0.3, 0.4) is 0 Å². The van der Waals surface area contributed by atoms with Crippen LogP contribution in [0.2, 0.25) is 0 Å². The van der Waals surface area contributed by atoms with Crippen molar-refractivity contribution in [3.63, 3.8) is 0 Å². The van der Waals surface area contributed by atoms with Crippen LogP contribution >= 0.6 is 0 Å². The van der Waals surface area contributed by atoms with Crippen LogP contribution in [0.1, 0.15) is 70.4 Å². The van der Waals surface area contributed by atoms with Crippen molar-refractivity contribution in [3.8, 4) is 0 Å². The predicted octanol–water partition coefficient (Wildman–Crippen LogP) is 3.59. The maximum absolute atomic E-state index is 13.2. The van der Waals surface area contributed by atoms with Gasteiger partial charge in [-0.25, -0.2) is 8.42 Å². The minimum Gasteiger partial charge on any atom is -0.354 e. The van der Waals surface area contributed by atoms with Crippen LogP contribution in [0.5, 0.6) is 0 Å². The smallest absolute Gasteiger partial charge is 0.243 e. The predicted molar refractivity (Wildman–Crippen MR) is 132 cm³/mol. The summed E-state index contributed by atoms with van der Waals surface area (Å²) in [6.07, 6.45) is 7.99. The summed E-state index contributed by atoms with van der Waals surface area (Å²) in [5.41, 5.74) is 2.40. The Kier molecular flexibility index (Phi) is 7.51. The third kappa shape index (κ3) is 5.63. The van der Waals surface area contributed by atoms with Gasteiger partial charge in [0.2, 0.25) is 15.9 Å². The van der Waals surface area contributed by atoms with Crippen molar-refractivity contribution < 1.29 is 13.2 Å². The Bertz CT molecular complexity index is 952. The molecule has 0 spiro atoms. The first-order chi connectivity index (χ1) is 15.7. The number of hydrogen-bond donors (Lipinski definition) is 1. The lowest BCUT2D eigenvalue weighted by molar-refractivity contribution is -0.126. The molecule has 1 N–H and O–H groups in total. The Morgan fingerprint density at radius 1 is 1.03 bits per heavy atom. The molecule has 2 heterocycles. The Morgan fingerprint density at radius 2 is 1.73 bits per heavy atom. The van der Waals surface area contributed by atoms with E-state index < -0.39 is 10.0 Å². The van der Waals surface area contributed by atoms with E-state index in [-0.39, 0.29) is 17.4 Å². The number of likely N-dealkylation sites (tertiary alicyclic amines) is 1. The lowest BCUT2D eigenvalue weighted by Gasteiger charge is -2.43. The fourth-order valence-electron chi connectivity index (χ4n) is 5.68. The molecule has 1 atom stereocenters. The first-order valence-corrected chi connectivity index (χ1v) is 14.3. The molecule has 2 aliphatic heterocycles. The van der Waals surface area contributed by atoms with Gasteiger partial charge in [0.15, 0.2) is 0 Å². The molecule has 0 bridgehead atoms. The van der Waals surface area contributed by atoms with Crippen molar-refractivity contribution >= 4 is 15.9 Å². The maximum Gasteiger partial charge on any atom is 0.243 e. The van der Waals surface area contributed by atoms with E-state index in [4.69, 9.17) is 0 Å². The van der Waals surface area contributed by atoms with Gasteiger partial charge < -0.3 is 5.32 Å². The number of sulfonamides is 1. The molecule has 1 amide bonds. The van der Waals surface area contributed by atoms with E-state index in [2.05, 4.69) is 31.0 Å². The van der Waals surface area contributed by atoms with E-state index in [0.29, 0.717) is 43.3 Å². The standard InChI is InChI=1S/C26H41N3O3S/c1-20-7-6-14-28(18-20)26(2,3)19-27-25(30)22-12-15-29(16-13-22)33(31,32)24-11-10-21-8-4-5-9-23(21)17-24/h10-11,17,20,22H,4-9,12-16,18-19H2,1-3H3,(H,27,30). The Hall–Kier alpha value is -1.44. The van der Waals surface area contributed by atoms with Gasteiger partial charge in [-0.15, -0.1) is 0 Å². The number of hydrogen-bond acceptors (Lipinski definition) is 4. The summed E-state index contributed by atoms with van der Waals surface area (Å²) in [7, 11) is -3.50. The van der Waals surface area contributed by atoms with Crippen molar-refractivity contribution in [3.05, 3.63) is 29.3 Å². The quantitative estimate of drug-likeness (QED) is 0.683. The van der Waals surface area contributed by atoms with Gasteiger partial charge in [-0.05, 0) is 101 Å². The zero-order valence-electron chi connectivity index (χ0n) is 20.6. The average Bonchev–Trinajstić information content (AvgIpc) is 2.82. The molecular weight excluding hydrogens is 434 g/mol. The van der Waals surface area contributed by atoms with E-state index >= 15 is 0 Å². The van der Waals surface area contributed by atoms with E-state index in [1.807, 2.05) is 12.1 Å². The highest BCUT2D eigenvalue weighted by Crippen LogP contribution is 2.29. The minimum absolute atomic E-state index is 0.0685. The highest BCUT2D eigenvalue weighted by Gasteiger charge is 2.34. The molecule has 2 fully saturated rings. The second kappa shape index (κ2) is 10.0. The average molecular weight is 476 g/mol. The molecule has 6 nitrogen and oxygen atoms in total. The summed E-state index contributed by atoms with van der Waals surface area (Å²) in [4.78, 5) is 15.8. The Balaban J connectivity index is 1.30. The van der Waals surface area contributed by atoms with Gasteiger partial charge in [-0.2, -0.15) is 4.31 Å².